The quantitative estimate of drug-likeness (QED) is 0.833. The van der Waals surface area contributed by atoms with Crippen molar-refractivity contribution in [3.63, 3.8) is 0 Å². The molecule has 1 atom stereocenters. The first-order chi connectivity index (χ1) is 11.1. The molecule has 1 unspecified atom stereocenters. The van der Waals surface area contributed by atoms with Crippen LogP contribution in [-0.4, -0.2) is 25.1 Å². The molecule has 2 rings (SSSR count). The molecule has 23 heavy (non-hydrogen) atoms. The van der Waals surface area contributed by atoms with Crippen LogP contribution in [0.4, 0.5) is 0 Å². The fourth-order valence-electron chi connectivity index (χ4n) is 2.13. The molecule has 5 heteroatoms. The fraction of sp³-hybridized carbons (Fsp3) is 0.222. The van der Waals surface area contributed by atoms with E-state index >= 15 is 0 Å². The van der Waals surface area contributed by atoms with Gasteiger partial charge in [-0.15, -0.1) is 0 Å². The van der Waals surface area contributed by atoms with E-state index in [1.807, 2.05) is 31.2 Å². The molecule has 0 saturated heterocycles. The number of carbonyl (C=O) groups excluding carboxylic acids is 1. The molecule has 120 valence electrons. The number of carbonyl (C=O) groups is 1. The standard InChI is InChI=1S/C18H20N2O3/c1-13(14-8-10-19-11-9-14)20-18(21)7-4-15-12-16(22-2)5-6-17(15)23-3/h4-13H,1-3H3,(H,20,21). The van der Waals surface area contributed by atoms with E-state index in [4.69, 9.17) is 9.47 Å². The van der Waals surface area contributed by atoms with Gasteiger partial charge in [0.05, 0.1) is 20.3 Å². The largest absolute Gasteiger partial charge is 0.497 e. The van der Waals surface area contributed by atoms with Crippen molar-refractivity contribution in [2.24, 2.45) is 0 Å². The lowest BCUT2D eigenvalue weighted by Gasteiger charge is -2.12. The molecule has 1 amide bonds. The lowest BCUT2D eigenvalue weighted by atomic mass is 10.1. The van der Waals surface area contributed by atoms with E-state index in [9.17, 15) is 4.79 Å². The van der Waals surface area contributed by atoms with Gasteiger partial charge in [0, 0.05) is 24.0 Å². The zero-order valence-corrected chi connectivity index (χ0v) is 13.4. The van der Waals surface area contributed by atoms with Crippen molar-refractivity contribution in [1.29, 1.82) is 0 Å². The van der Waals surface area contributed by atoms with E-state index in [2.05, 4.69) is 10.3 Å². The summed E-state index contributed by atoms with van der Waals surface area (Å²) in [6.07, 6.45) is 6.59. The Hall–Kier alpha value is -2.82. The van der Waals surface area contributed by atoms with Gasteiger partial charge >= 0.3 is 0 Å². The molecule has 0 aliphatic rings. The van der Waals surface area contributed by atoms with Crippen LogP contribution in [0.1, 0.15) is 24.1 Å². The molecule has 0 bridgehead atoms. The van der Waals surface area contributed by atoms with Crippen molar-refractivity contribution in [1.82, 2.24) is 10.3 Å². The van der Waals surface area contributed by atoms with Gasteiger partial charge in [-0.3, -0.25) is 9.78 Å². The van der Waals surface area contributed by atoms with Gasteiger partial charge < -0.3 is 14.8 Å². The maximum absolute atomic E-state index is 12.1. The summed E-state index contributed by atoms with van der Waals surface area (Å²) in [6, 6.07) is 9.08. The molecule has 5 nitrogen and oxygen atoms in total. The number of pyridine rings is 1. The highest BCUT2D eigenvalue weighted by Gasteiger charge is 2.07. The first-order valence-corrected chi connectivity index (χ1v) is 7.24. The van der Waals surface area contributed by atoms with Crippen LogP contribution in [0.2, 0.25) is 0 Å². The summed E-state index contributed by atoms with van der Waals surface area (Å²) in [5, 5.41) is 2.91. The normalized spacial score (nSPS) is 12.0. The zero-order valence-electron chi connectivity index (χ0n) is 13.4. The Morgan fingerprint density at radius 2 is 1.91 bits per heavy atom. The van der Waals surface area contributed by atoms with Crippen molar-refractivity contribution >= 4 is 12.0 Å². The predicted molar refractivity (Wildman–Crippen MR) is 89.4 cm³/mol. The van der Waals surface area contributed by atoms with Crippen molar-refractivity contribution in [3.8, 4) is 11.5 Å². The zero-order chi connectivity index (χ0) is 16.7. The Balaban J connectivity index is 2.06. The van der Waals surface area contributed by atoms with Crippen LogP contribution in [0.25, 0.3) is 6.08 Å². The number of rotatable bonds is 6. The number of nitrogens with one attached hydrogen (secondary N) is 1. The lowest BCUT2D eigenvalue weighted by molar-refractivity contribution is -0.117. The first kappa shape index (κ1) is 16.5. The van der Waals surface area contributed by atoms with Crippen LogP contribution in [0.3, 0.4) is 0 Å². The maximum atomic E-state index is 12.1. The topological polar surface area (TPSA) is 60.5 Å². The number of aromatic nitrogens is 1. The number of hydrogen-bond donors (Lipinski definition) is 1. The second-order valence-corrected chi connectivity index (χ2v) is 4.95. The van der Waals surface area contributed by atoms with Gasteiger partial charge in [-0.25, -0.2) is 0 Å². The molecule has 0 aliphatic heterocycles. The van der Waals surface area contributed by atoms with Gasteiger partial charge in [-0.1, -0.05) is 0 Å². The summed E-state index contributed by atoms with van der Waals surface area (Å²) >= 11 is 0. The second kappa shape index (κ2) is 7.98. The number of hydrogen-bond acceptors (Lipinski definition) is 4. The summed E-state index contributed by atoms with van der Waals surface area (Å²) in [5.74, 6) is 1.20. The average molecular weight is 312 g/mol. The van der Waals surface area contributed by atoms with E-state index in [0.717, 1.165) is 11.1 Å². The Bertz CT molecular complexity index is 684. The van der Waals surface area contributed by atoms with Crippen molar-refractivity contribution in [3.05, 3.63) is 59.9 Å². The van der Waals surface area contributed by atoms with Crippen LogP contribution < -0.4 is 14.8 Å². The summed E-state index contributed by atoms with van der Waals surface area (Å²) in [7, 11) is 3.18. The lowest BCUT2D eigenvalue weighted by Crippen LogP contribution is -2.24. The maximum Gasteiger partial charge on any atom is 0.244 e. The van der Waals surface area contributed by atoms with Crippen molar-refractivity contribution in [2.45, 2.75) is 13.0 Å². The van der Waals surface area contributed by atoms with E-state index in [-0.39, 0.29) is 11.9 Å². The second-order valence-electron chi connectivity index (χ2n) is 4.95. The van der Waals surface area contributed by atoms with Crippen LogP contribution >= 0.6 is 0 Å². The fourth-order valence-corrected chi connectivity index (χ4v) is 2.13. The number of benzene rings is 1. The third-order valence-corrected chi connectivity index (χ3v) is 3.42. The predicted octanol–water partition coefficient (Wildman–Crippen LogP) is 2.99. The van der Waals surface area contributed by atoms with Gasteiger partial charge in [0.25, 0.3) is 0 Å². The minimum absolute atomic E-state index is 0.0950. The number of amides is 1. The summed E-state index contributed by atoms with van der Waals surface area (Å²) < 4.78 is 10.5. The Labute approximate surface area is 136 Å². The van der Waals surface area contributed by atoms with E-state index in [0.29, 0.717) is 11.5 Å². The highest BCUT2D eigenvalue weighted by Crippen LogP contribution is 2.25. The van der Waals surface area contributed by atoms with Crippen LogP contribution in [-0.2, 0) is 4.79 Å². The third kappa shape index (κ3) is 4.57. The molecule has 1 aromatic heterocycles. The molecule has 0 radical (unpaired) electrons. The van der Waals surface area contributed by atoms with E-state index in [1.165, 1.54) is 6.08 Å². The SMILES string of the molecule is COc1ccc(OC)c(C=CC(=O)NC(C)c2ccncc2)c1. The summed E-state index contributed by atoms with van der Waals surface area (Å²) in [6.45, 7) is 1.92. The highest BCUT2D eigenvalue weighted by molar-refractivity contribution is 5.92. The minimum Gasteiger partial charge on any atom is -0.497 e. The van der Waals surface area contributed by atoms with E-state index < -0.39 is 0 Å². The molecular formula is C18H20N2O3. The molecule has 1 aromatic carbocycles. The molecule has 0 fully saturated rings. The molecule has 1 N–H and O–H groups in total. The van der Waals surface area contributed by atoms with Crippen molar-refractivity contribution < 1.29 is 14.3 Å². The smallest absolute Gasteiger partial charge is 0.244 e. The Morgan fingerprint density at radius 3 is 2.57 bits per heavy atom. The highest BCUT2D eigenvalue weighted by atomic mass is 16.5. The van der Waals surface area contributed by atoms with Gasteiger partial charge in [0.2, 0.25) is 5.91 Å². The molecule has 2 aromatic rings. The van der Waals surface area contributed by atoms with Gasteiger partial charge in [-0.05, 0) is 48.9 Å². The Morgan fingerprint density at radius 1 is 1.17 bits per heavy atom. The van der Waals surface area contributed by atoms with Crippen molar-refractivity contribution in [2.75, 3.05) is 14.2 Å². The van der Waals surface area contributed by atoms with Gasteiger partial charge in [-0.2, -0.15) is 0 Å². The van der Waals surface area contributed by atoms with Crippen LogP contribution in [0, 0.1) is 0 Å². The average Bonchev–Trinajstić information content (AvgIpc) is 2.60. The first-order valence-electron chi connectivity index (χ1n) is 7.24. The third-order valence-electron chi connectivity index (χ3n) is 3.42. The molecular weight excluding hydrogens is 292 g/mol. The molecule has 0 aliphatic carbocycles. The minimum atomic E-state index is -0.181. The van der Waals surface area contributed by atoms with Gasteiger partial charge in [0.15, 0.2) is 0 Å². The molecule has 0 saturated carbocycles. The monoisotopic (exact) mass is 312 g/mol. The number of methoxy groups -OCH3 is 2. The number of ether oxygens (including phenoxy) is 2. The van der Waals surface area contributed by atoms with Gasteiger partial charge in [0.1, 0.15) is 11.5 Å². The Kier molecular flexibility index (Phi) is 5.74. The van der Waals surface area contributed by atoms with Crippen LogP contribution in [0.15, 0.2) is 48.8 Å². The number of nitrogens with zero attached hydrogens (tertiary/aromatic N) is 1. The molecule has 0 spiro atoms. The summed E-state index contributed by atoms with van der Waals surface area (Å²) in [5.41, 5.74) is 1.78. The molecule has 1 heterocycles. The summed E-state index contributed by atoms with van der Waals surface area (Å²) in [4.78, 5) is 16.0. The van der Waals surface area contributed by atoms with E-state index in [1.54, 1.807) is 38.8 Å². The van der Waals surface area contributed by atoms with Crippen LogP contribution in [0.5, 0.6) is 11.5 Å².